The molecule has 1 N–H and O–H groups in total. The molecule has 0 aromatic heterocycles. The van der Waals surface area contributed by atoms with Gasteiger partial charge >= 0.3 is 0 Å². The van der Waals surface area contributed by atoms with Crippen LogP contribution in [-0.2, 0) is 16.2 Å². The highest BCUT2D eigenvalue weighted by atomic mass is 35.5. The summed E-state index contributed by atoms with van der Waals surface area (Å²) in [6.07, 6.45) is 1.47. The van der Waals surface area contributed by atoms with Crippen molar-refractivity contribution in [2.24, 2.45) is 0 Å². The van der Waals surface area contributed by atoms with Gasteiger partial charge in [0, 0.05) is 10.6 Å². The molecule has 1 heterocycles. The van der Waals surface area contributed by atoms with Gasteiger partial charge in [0.15, 0.2) is 17.5 Å². The van der Waals surface area contributed by atoms with Crippen LogP contribution in [0.25, 0.3) is 6.08 Å². The fourth-order valence-electron chi connectivity index (χ4n) is 3.21. The number of benzene rings is 3. The number of anilines is 1. The van der Waals surface area contributed by atoms with Gasteiger partial charge in [-0.3, -0.25) is 19.3 Å². The monoisotopic (exact) mass is 532 g/mol. The predicted octanol–water partition coefficient (Wildman–Crippen LogP) is 6.01. The number of rotatable bonds is 7. The minimum atomic E-state index is -1.75. The van der Waals surface area contributed by atoms with E-state index in [-0.39, 0.29) is 11.5 Å². The second-order valence-corrected chi connectivity index (χ2v) is 8.92. The van der Waals surface area contributed by atoms with E-state index >= 15 is 0 Å². The largest absolute Gasteiger partial charge is 0.488 e. The van der Waals surface area contributed by atoms with Crippen molar-refractivity contribution >= 4 is 52.2 Å². The van der Waals surface area contributed by atoms with E-state index in [4.69, 9.17) is 16.3 Å². The van der Waals surface area contributed by atoms with Crippen LogP contribution < -0.4 is 10.1 Å². The van der Waals surface area contributed by atoms with E-state index in [9.17, 15) is 27.6 Å². The van der Waals surface area contributed by atoms with Crippen molar-refractivity contribution in [3.8, 4) is 5.75 Å². The first-order valence-electron chi connectivity index (χ1n) is 10.4. The molecule has 1 aliphatic rings. The zero-order chi connectivity index (χ0) is 25.8. The van der Waals surface area contributed by atoms with Crippen LogP contribution in [0.15, 0.2) is 65.6 Å². The number of para-hydroxylation sites is 1. The summed E-state index contributed by atoms with van der Waals surface area (Å²) >= 11 is 6.51. The lowest BCUT2D eigenvalue weighted by Crippen LogP contribution is -2.36. The number of nitrogens with one attached hydrogen (secondary N) is 1. The molecular weight excluding hydrogens is 517 g/mol. The number of amides is 3. The molecule has 0 unspecified atom stereocenters. The Morgan fingerprint density at radius 1 is 1.00 bits per heavy atom. The van der Waals surface area contributed by atoms with Crippen molar-refractivity contribution in [2.75, 3.05) is 11.9 Å². The number of halogens is 4. The Bertz CT molecular complexity index is 1380. The minimum absolute atomic E-state index is 0.0503. The van der Waals surface area contributed by atoms with Gasteiger partial charge in [0.2, 0.25) is 5.91 Å². The van der Waals surface area contributed by atoms with Gasteiger partial charge in [-0.05, 0) is 53.7 Å². The van der Waals surface area contributed by atoms with E-state index < -0.39 is 46.7 Å². The molecule has 6 nitrogen and oxygen atoms in total. The molecule has 0 radical (unpaired) electrons. The van der Waals surface area contributed by atoms with Gasteiger partial charge in [0.1, 0.15) is 18.9 Å². The molecule has 1 saturated heterocycles. The normalized spacial score (nSPS) is 14.4. The fraction of sp³-hybridized carbons (Fsp3) is 0.0800. The van der Waals surface area contributed by atoms with Crippen molar-refractivity contribution in [2.45, 2.75) is 6.61 Å². The highest BCUT2D eigenvalue weighted by molar-refractivity contribution is 8.18. The average Bonchev–Trinajstić information content (AvgIpc) is 3.12. The van der Waals surface area contributed by atoms with E-state index in [2.05, 4.69) is 0 Å². The number of carbonyl (C=O) groups excluding carboxylic acids is 3. The number of ether oxygens (including phenoxy) is 1. The third-order valence-electron chi connectivity index (χ3n) is 5.00. The molecule has 184 valence electrons. The van der Waals surface area contributed by atoms with Gasteiger partial charge in [-0.2, -0.15) is 0 Å². The molecule has 3 aromatic carbocycles. The highest BCUT2D eigenvalue weighted by Gasteiger charge is 2.36. The lowest BCUT2D eigenvalue weighted by atomic mass is 10.1. The first kappa shape index (κ1) is 25.3. The second-order valence-electron chi connectivity index (χ2n) is 7.49. The summed E-state index contributed by atoms with van der Waals surface area (Å²) in [5.41, 5.74) is 0.788. The predicted molar refractivity (Wildman–Crippen MR) is 130 cm³/mol. The first-order valence-corrected chi connectivity index (χ1v) is 11.6. The Morgan fingerprint density at radius 2 is 1.72 bits per heavy atom. The van der Waals surface area contributed by atoms with Gasteiger partial charge in [-0.25, -0.2) is 13.2 Å². The summed E-state index contributed by atoms with van der Waals surface area (Å²) in [5.74, 6) is -6.00. The van der Waals surface area contributed by atoms with Gasteiger partial charge in [-0.1, -0.05) is 41.9 Å². The topological polar surface area (TPSA) is 75.7 Å². The molecule has 0 spiro atoms. The van der Waals surface area contributed by atoms with E-state index in [0.717, 1.165) is 11.6 Å². The first-order chi connectivity index (χ1) is 17.2. The van der Waals surface area contributed by atoms with E-state index in [1.807, 2.05) is 17.4 Å². The van der Waals surface area contributed by atoms with Crippen LogP contribution in [0.5, 0.6) is 5.75 Å². The maximum absolute atomic E-state index is 13.8. The molecule has 3 amide bonds. The van der Waals surface area contributed by atoms with Crippen LogP contribution in [0, 0.1) is 17.5 Å². The van der Waals surface area contributed by atoms with Crippen molar-refractivity contribution in [3.63, 3.8) is 0 Å². The van der Waals surface area contributed by atoms with Crippen molar-refractivity contribution < 1.29 is 32.3 Å². The zero-order valence-electron chi connectivity index (χ0n) is 18.3. The molecule has 0 atom stereocenters. The standard InChI is InChI=1S/C25H16ClF3N2O4S/c26-16-7-5-14(6-8-16)13-35-19-4-2-1-3-15(19)11-20-24(33)31(25(34)36-20)12-21(32)30-18-10-9-17(27)22(28)23(18)29/h1-11H,12-13H2,(H,30,32)/b20-11+. The summed E-state index contributed by atoms with van der Waals surface area (Å²) in [6, 6.07) is 15.5. The number of nitrogens with zero attached hydrogens (tertiary/aromatic N) is 1. The molecule has 36 heavy (non-hydrogen) atoms. The summed E-state index contributed by atoms with van der Waals surface area (Å²) < 4.78 is 46.1. The highest BCUT2D eigenvalue weighted by Crippen LogP contribution is 2.34. The Labute approximate surface area is 212 Å². The SMILES string of the molecule is O=C(CN1C(=O)S/C(=C/c2ccccc2OCc2ccc(Cl)cc2)C1=O)Nc1ccc(F)c(F)c1F. The van der Waals surface area contributed by atoms with Crippen molar-refractivity contribution in [1.29, 1.82) is 0 Å². The van der Waals surface area contributed by atoms with Crippen LogP contribution in [0.2, 0.25) is 5.02 Å². The molecule has 0 bridgehead atoms. The van der Waals surface area contributed by atoms with Crippen molar-refractivity contribution in [1.82, 2.24) is 4.90 Å². The minimum Gasteiger partial charge on any atom is -0.488 e. The molecular formula is C25H16ClF3N2O4S. The number of hydrogen-bond acceptors (Lipinski definition) is 5. The number of hydrogen-bond donors (Lipinski definition) is 1. The van der Waals surface area contributed by atoms with Gasteiger partial charge in [-0.15, -0.1) is 0 Å². The van der Waals surface area contributed by atoms with Gasteiger partial charge in [0.25, 0.3) is 11.1 Å². The van der Waals surface area contributed by atoms with Crippen LogP contribution in [0.3, 0.4) is 0 Å². The van der Waals surface area contributed by atoms with Crippen LogP contribution in [0.1, 0.15) is 11.1 Å². The Kier molecular flexibility index (Phi) is 7.66. The average molecular weight is 533 g/mol. The van der Waals surface area contributed by atoms with Gasteiger partial charge < -0.3 is 10.1 Å². The molecule has 0 saturated carbocycles. The Balaban J connectivity index is 1.45. The smallest absolute Gasteiger partial charge is 0.294 e. The van der Waals surface area contributed by atoms with Crippen LogP contribution in [-0.4, -0.2) is 28.5 Å². The maximum Gasteiger partial charge on any atom is 0.294 e. The lowest BCUT2D eigenvalue weighted by Gasteiger charge is -2.13. The number of imide groups is 1. The van der Waals surface area contributed by atoms with E-state index in [1.54, 1.807) is 36.4 Å². The Hall–Kier alpha value is -3.76. The molecule has 4 rings (SSSR count). The molecule has 1 aliphatic heterocycles. The fourth-order valence-corrected chi connectivity index (χ4v) is 4.16. The summed E-state index contributed by atoms with van der Waals surface area (Å²) in [7, 11) is 0. The molecule has 11 heteroatoms. The van der Waals surface area contributed by atoms with Crippen molar-refractivity contribution in [3.05, 3.63) is 99.2 Å². The third kappa shape index (κ3) is 5.72. The number of carbonyl (C=O) groups is 3. The third-order valence-corrected chi connectivity index (χ3v) is 6.16. The summed E-state index contributed by atoms with van der Waals surface area (Å²) in [4.78, 5) is 38.2. The molecule has 0 aliphatic carbocycles. The summed E-state index contributed by atoms with van der Waals surface area (Å²) in [6.45, 7) is -0.501. The van der Waals surface area contributed by atoms with Gasteiger partial charge in [0.05, 0.1) is 10.6 Å². The molecule has 1 fully saturated rings. The van der Waals surface area contributed by atoms with Crippen LogP contribution in [0.4, 0.5) is 23.7 Å². The Morgan fingerprint density at radius 3 is 2.47 bits per heavy atom. The summed E-state index contributed by atoms with van der Waals surface area (Å²) in [5, 5.41) is 1.91. The second kappa shape index (κ2) is 10.9. The lowest BCUT2D eigenvalue weighted by molar-refractivity contribution is -0.127. The van der Waals surface area contributed by atoms with E-state index in [1.165, 1.54) is 6.08 Å². The maximum atomic E-state index is 13.8. The zero-order valence-corrected chi connectivity index (χ0v) is 19.8. The molecule has 3 aromatic rings. The quantitative estimate of drug-likeness (QED) is 0.298. The van der Waals surface area contributed by atoms with Crippen LogP contribution >= 0.6 is 23.4 Å². The number of thioether (sulfide) groups is 1. The van der Waals surface area contributed by atoms with E-state index in [0.29, 0.717) is 39.1 Å².